The second kappa shape index (κ2) is 10.1. The molecule has 0 fully saturated rings. The van der Waals surface area contributed by atoms with Gasteiger partial charge in [0.2, 0.25) is 0 Å². The first-order valence-corrected chi connectivity index (χ1v) is 7.36. The molecule has 0 bridgehead atoms. The number of rotatable bonds is 10. The van der Waals surface area contributed by atoms with Crippen molar-refractivity contribution >= 4 is 0 Å². The number of hydrogen-bond acceptors (Lipinski definition) is 1. The molecule has 0 aromatic carbocycles. The molecule has 0 radical (unpaired) electrons. The van der Waals surface area contributed by atoms with Gasteiger partial charge < -0.3 is 4.74 Å². The summed E-state index contributed by atoms with van der Waals surface area (Å²) in [4.78, 5) is 0. The number of aryl methyl sites for hydroxylation is 1. The first-order chi connectivity index (χ1) is 8.83. The van der Waals surface area contributed by atoms with E-state index >= 15 is 0 Å². The van der Waals surface area contributed by atoms with Crippen LogP contribution >= 0.6 is 0 Å². The van der Waals surface area contributed by atoms with Crippen LogP contribution in [0.25, 0.3) is 0 Å². The number of ether oxygens (including phenoxy) is 1. The van der Waals surface area contributed by atoms with E-state index in [1.807, 2.05) is 0 Å². The minimum Gasteiger partial charge on any atom is -0.323 e. The molecule has 0 N–H and O–H groups in total. The van der Waals surface area contributed by atoms with Gasteiger partial charge in [-0.05, 0) is 19.4 Å². The Morgan fingerprint density at radius 1 is 1.06 bits per heavy atom. The van der Waals surface area contributed by atoms with Crippen LogP contribution < -0.4 is 4.57 Å². The van der Waals surface area contributed by atoms with Crippen molar-refractivity contribution in [2.45, 2.75) is 65.5 Å². The van der Waals surface area contributed by atoms with Gasteiger partial charge in [0.05, 0.1) is 6.61 Å². The third kappa shape index (κ3) is 7.44. The Morgan fingerprint density at radius 3 is 2.50 bits per heavy atom. The van der Waals surface area contributed by atoms with Gasteiger partial charge in [0.1, 0.15) is 0 Å². The third-order valence-electron chi connectivity index (χ3n) is 3.14. The molecule has 0 unspecified atom stereocenters. The van der Waals surface area contributed by atoms with Gasteiger partial charge in [0.25, 0.3) is 6.73 Å². The molecule has 0 saturated carbocycles. The smallest absolute Gasteiger partial charge is 0.252 e. The molecule has 1 aromatic rings. The number of pyridine rings is 1. The summed E-state index contributed by atoms with van der Waals surface area (Å²) in [5.74, 6) is 0. The Balaban J connectivity index is 1.92. The molecule has 102 valence electrons. The molecule has 0 atom stereocenters. The summed E-state index contributed by atoms with van der Waals surface area (Å²) in [6.45, 7) is 5.93. The molecule has 2 nitrogen and oxygen atoms in total. The quantitative estimate of drug-likeness (QED) is 0.452. The maximum absolute atomic E-state index is 5.67. The highest BCUT2D eigenvalue weighted by molar-refractivity contribution is 5.01. The molecule has 18 heavy (non-hydrogen) atoms. The molecule has 0 aliphatic rings. The lowest BCUT2D eigenvalue weighted by molar-refractivity contribution is -0.733. The number of nitrogens with zero attached hydrogens (tertiary/aromatic N) is 1. The van der Waals surface area contributed by atoms with Crippen molar-refractivity contribution in [2.24, 2.45) is 0 Å². The summed E-state index contributed by atoms with van der Waals surface area (Å²) in [5, 5.41) is 0. The average molecular weight is 250 g/mol. The summed E-state index contributed by atoms with van der Waals surface area (Å²) < 4.78 is 7.76. The second-order valence-corrected chi connectivity index (χ2v) is 5.05. The lowest BCUT2D eigenvalue weighted by Crippen LogP contribution is -2.34. The van der Waals surface area contributed by atoms with Crippen molar-refractivity contribution in [3.05, 3.63) is 30.1 Å². The summed E-state index contributed by atoms with van der Waals surface area (Å²) >= 11 is 0. The maximum Gasteiger partial charge on any atom is 0.252 e. The van der Waals surface area contributed by atoms with Crippen LogP contribution in [0.1, 0.15) is 57.4 Å². The van der Waals surface area contributed by atoms with E-state index in [-0.39, 0.29) is 0 Å². The highest BCUT2D eigenvalue weighted by Crippen LogP contribution is 2.06. The van der Waals surface area contributed by atoms with Crippen LogP contribution in [0, 0.1) is 6.92 Å². The largest absolute Gasteiger partial charge is 0.323 e. The van der Waals surface area contributed by atoms with Gasteiger partial charge in [-0.25, -0.2) is 0 Å². The van der Waals surface area contributed by atoms with Crippen LogP contribution in [-0.2, 0) is 11.5 Å². The predicted molar refractivity (Wildman–Crippen MR) is 75.3 cm³/mol. The van der Waals surface area contributed by atoms with Crippen molar-refractivity contribution in [3.8, 4) is 0 Å². The van der Waals surface area contributed by atoms with Crippen LogP contribution in [-0.4, -0.2) is 6.61 Å². The van der Waals surface area contributed by atoms with Gasteiger partial charge in [0.15, 0.2) is 12.4 Å². The normalized spacial score (nSPS) is 10.8. The highest BCUT2D eigenvalue weighted by atomic mass is 16.5. The lowest BCUT2D eigenvalue weighted by Gasteiger charge is -2.02. The van der Waals surface area contributed by atoms with E-state index in [0.717, 1.165) is 6.61 Å². The zero-order valence-corrected chi connectivity index (χ0v) is 12.0. The summed E-state index contributed by atoms with van der Waals surface area (Å²) in [7, 11) is 0. The molecular formula is C16H28NO+. The van der Waals surface area contributed by atoms with Gasteiger partial charge in [-0.1, -0.05) is 45.4 Å². The van der Waals surface area contributed by atoms with Crippen LogP contribution in [0.3, 0.4) is 0 Å². The Kier molecular flexibility index (Phi) is 8.49. The topological polar surface area (TPSA) is 13.1 Å². The first kappa shape index (κ1) is 15.2. The molecule has 0 amide bonds. The fourth-order valence-electron chi connectivity index (χ4n) is 2.06. The zero-order valence-electron chi connectivity index (χ0n) is 12.0. The van der Waals surface area contributed by atoms with E-state index < -0.39 is 0 Å². The van der Waals surface area contributed by atoms with Crippen LogP contribution in [0.15, 0.2) is 24.5 Å². The number of hydrogen-bond donors (Lipinski definition) is 0. The van der Waals surface area contributed by atoms with Gasteiger partial charge in [0, 0.05) is 11.6 Å². The van der Waals surface area contributed by atoms with E-state index in [1.165, 1.54) is 50.5 Å². The van der Waals surface area contributed by atoms with Gasteiger partial charge >= 0.3 is 0 Å². The molecule has 1 heterocycles. The molecular weight excluding hydrogens is 222 g/mol. The summed E-state index contributed by atoms with van der Waals surface area (Å²) in [6.07, 6.45) is 13.5. The second-order valence-electron chi connectivity index (χ2n) is 5.05. The minimum absolute atomic E-state index is 0.678. The molecule has 0 saturated heterocycles. The third-order valence-corrected chi connectivity index (χ3v) is 3.14. The number of aromatic nitrogens is 1. The van der Waals surface area contributed by atoms with Gasteiger partial charge in [-0.2, -0.15) is 4.57 Å². The molecule has 0 spiro atoms. The van der Waals surface area contributed by atoms with Crippen molar-refractivity contribution in [1.82, 2.24) is 0 Å². The van der Waals surface area contributed by atoms with Crippen molar-refractivity contribution in [1.29, 1.82) is 0 Å². The minimum atomic E-state index is 0.678. The Labute approximate surface area is 112 Å². The molecule has 0 aliphatic heterocycles. The van der Waals surface area contributed by atoms with Crippen LogP contribution in [0.2, 0.25) is 0 Å². The lowest BCUT2D eigenvalue weighted by atomic mass is 10.1. The van der Waals surface area contributed by atoms with Gasteiger partial charge in [-0.15, -0.1) is 0 Å². The van der Waals surface area contributed by atoms with E-state index in [4.69, 9.17) is 4.74 Å². The van der Waals surface area contributed by atoms with Crippen molar-refractivity contribution in [2.75, 3.05) is 6.61 Å². The fourth-order valence-corrected chi connectivity index (χ4v) is 2.06. The molecule has 1 aromatic heterocycles. The van der Waals surface area contributed by atoms with Crippen LogP contribution in [0.5, 0.6) is 0 Å². The molecule has 0 aliphatic carbocycles. The van der Waals surface area contributed by atoms with Crippen LogP contribution in [0.4, 0.5) is 0 Å². The van der Waals surface area contributed by atoms with E-state index in [9.17, 15) is 0 Å². The number of unbranched alkanes of at least 4 members (excludes halogenated alkanes) is 6. The monoisotopic (exact) mass is 250 g/mol. The molecule has 1 rings (SSSR count). The molecule has 2 heteroatoms. The Morgan fingerprint density at radius 2 is 1.78 bits per heavy atom. The van der Waals surface area contributed by atoms with Gasteiger partial charge in [-0.3, -0.25) is 0 Å². The van der Waals surface area contributed by atoms with Crippen molar-refractivity contribution in [3.63, 3.8) is 0 Å². The maximum atomic E-state index is 5.67. The van der Waals surface area contributed by atoms with E-state index in [1.54, 1.807) is 0 Å². The predicted octanol–water partition coefficient (Wildman–Crippen LogP) is 4.01. The fraction of sp³-hybridized carbons (Fsp3) is 0.688. The van der Waals surface area contributed by atoms with Crippen molar-refractivity contribution < 1.29 is 9.30 Å². The zero-order chi connectivity index (χ0) is 13.1. The standard InChI is InChI=1S/C16H28NO/c1-3-4-5-6-7-8-9-13-18-15-17-12-10-11-16(2)14-17/h10-12,14H,3-9,13,15H2,1-2H3/q+1. The highest BCUT2D eigenvalue weighted by Gasteiger charge is 1.99. The average Bonchev–Trinajstić information content (AvgIpc) is 2.37. The van der Waals surface area contributed by atoms with E-state index in [0.29, 0.717) is 6.73 Å². The van der Waals surface area contributed by atoms with E-state index in [2.05, 4.69) is 42.9 Å². The SMILES string of the molecule is CCCCCCCCCOC[n+]1cccc(C)c1. The summed E-state index contributed by atoms with van der Waals surface area (Å²) in [5.41, 5.74) is 1.28. The Hall–Kier alpha value is -0.890. The summed E-state index contributed by atoms with van der Waals surface area (Å²) in [6, 6.07) is 4.17. The Bertz CT molecular complexity index is 312. The first-order valence-electron chi connectivity index (χ1n) is 7.36.